The lowest BCUT2D eigenvalue weighted by molar-refractivity contribution is 0.0659. The quantitative estimate of drug-likeness (QED) is 0.760. The molecule has 0 fully saturated rings. The fourth-order valence-corrected chi connectivity index (χ4v) is 2.21. The van der Waals surface area contributed by atoms with E-state index in [2.05, 4.69) is 5.32 Å². The largest absolute Gasteiger partial charge is 0.493 e. The number of benzene rings is 1. The lowest BCUT2D eigenvalue weighted by Gasteiger charge is -2.16. The maximum atomic E-state index is 12.2. The van der Waals surface area contributed by atoms with Gasteiger partial charge in [0, 0.05) is 0 Å². The summed E-state index contributed by atoms with van der Waals surface area (Å²) in [6, 6.07) is 7.66. The monoisotopic (exact) mass is 347 g/mol. The number of furan rings is 1. The third-order valence-electron chi connectivity index (χ3n) is 3.54. The van der Waals surface area contributed by atoms with Gasteiger partial charge in [0.05, 0.1) is 19.8 Å². The van der Waals surface area contributed by atoms with Gasteiger partial charge in [0.25, 0.3) is 5.91 Å². The van der Waals surface area contributed by atoms with Gasteiger partial charge in [-0.25, -0.2) is 4.79 Å². The highest BCUT2D eigenvalue weighted by Crippen LogP contribution is 2.30. The van der Waals surface area contributed by atoms with Crippen LogP contribution in [-0.4, -0.2) is 30.7 Å². The maximum Gasteiger partial charge on any atom is 0.371 e. The molecule has 25 heavy (non-hydrogen) atoms. The van der Waals surface area contributed by atoms with Crippen molar-refractivity contribution in [2.24, 2.45) is 0 Å². The van der Waals surface area contributed by atoms with Crippen LogP contribution in [0.1, 0.15) is 53.0 Å². The van der Waals surface area contributed by atoms with Crippen LogP contribution in [0.4, 0.5) is 0 Å². The van der Waals surface area contributed by atoms with Gasteiger partial charge < -0.3 is 24.3 Å². The molecule has 1 aromatic carbocycles. The molecule has 2 N–H and O–H groups in total. The van der Waals surface area contributed by atoms with E-state index in [1.807, 2.05) is 13.0 Å². The molecule has 1 amide bonds. The molecule has 0 aliphatic carbocycles. The first-order valence-corrected chi connectivity index (χ1v) is 7.91. The van der Waals surface area contributed by atoms with Crippen molar-refractivity contribution in [2.45, 2.75) is 26.3 Å². The summed E-state index contributed by atoms with van der Waals surface area (Å²) in [6.07, 6.45) is 0.888. The predicted octanol–water partition coefficient (Wildman–Crippen LogP) is 3.27. The smallest absolute Gasteiger partial charge is 0.371 e. The number of carboxylic acids is 1. The molecule has 0 saturated heterocycles. The van der Waals surface area contributed by atoms with Gasteiger partial charge in [0.2, 0.25) is 5.76 Å². The third kappa shape index (κ3) is 4.53. The Balaban J connectivity index is 2.09. The second-order valence-corrected chi connectivity index (χ2v) is 5.42. The normalized spacial score (nSPS) is 11.6. The van der Waals surface area contributed by atoms with Gasteiger partial charge in [0.1, 0.15) is 0 Å². The molecule has 0 spiro atoms. The number of hydrogen-bond donors (Lipinski definition) is 2. The molecule has 2 aromatic rings. The average molecular weight is 347 g/mol. The number of aromatic carboxylic acids is 1. The van der Waals surface area contributed by atoms with Crippen LogP contribution in [0.2, 0.25) is 0 Å². The van der Waals surface area contributed by atoms with Crippen LogP contribution >= 0.6 is 0 Å². The summed E-state index contributed by atoms with van der Waals surface area (Å²) >= 11 is 0. The molecular weight excluding hydrogens is 326 g/mol. The number of hydrogen-bond acceptors (Lipinski definition) is 5. The summed E-state index contributed by atoms with van der Waals surface area (Å²) in [4.78, 5) is 23.0. The Bertz CT molecular complexity index is 752. The summed E-state index contributed by atoms with van der Waals surface area (Å²) in [5, 5.41) is 11.6. The summed E-state index contributed by atoms with van der Waals surface area (Å²) in [7, 11) is 1.55. The summed E-state index contributed by atoms with van der Waals surface area (Å²) in [5.74, 6) is -0.831. The summed E-state index contributed by atoms with van der Waals surface area (Å²) in [5.41, 5.74) is 0.819. The van der Waals surface area contributed by atoms with Crippen LogP contribution in [0.25, 0.3) is 0 Å². The number of amides is 1. The minimum absolute atomic E-state index is 0.0564. The van der Waals surface area contributed by atoms with Crippen LogP contribution in [0, 0.1) is 0 Å². The Hall–Kier alpha value is -2.96. The number of carbonyl (C=O) groups is 2. The molecular formula is C18H21NO6. The molecule has 1 unspecified atom stereocenters. The first kappa shape index (κ1) is 18.4. The Morgan fingerprint density at radius 3 is 2.52 bits per heavy atom. The number of methoxy groups -OCH3 is 1. The zero-order chi connectivity index (χ0) is 18.4. The first-order chi connectivity index (χ1) is 12.0. The van der Waals surface area contributed by atoms with Crippen molar-refractivity contribution in [3.8, 4) is 11.5 Å². The number of rotatable bonds is 8. The van der Waals surface area contributed by atoms with Gasteiger partial charge in [-0.15, -0.1) is 0 Å². The minimum atomic E-state index is -1.22. The number of nitrogens with one attached hydrogen (secondary N) is 1. The zero-order valence-corrected chi connectivity index (χ0v) is 14.4. The van der Waals surface area contributed by atoms with E-state index < -0.39 is 11.9 Å². The van der Waals surface area contributed by atoms with Gasteiger partial charge in [-0.2, -0.15) is 0 Å². The highest BCUT2D eigenvalue weighted by Gasteiger charge is 2.18. The molecule has 1 heterocycles. The highest BCUT2D eigenvalue weighted by molar-refractivity contribution is 5.93. The van der Waals surface area contributed by atoms with Crippen molar-refractivity contribution in [3.05, 3.63) is 47.4 Å². The SMILES string of the molecule is CCCOc1ccc(C(C)NC(=O)c2ccc(C(=O)O)o2)cc1OC. The van der Waals surface area contributed by atoms with Crippen molar-refractivity contribution in [1.82, 2.24) is 5.32 Å². The Kier molecular flexibility index (Phi) is 6.05. The molecule has 0 bridgehead atoms. The van der Waals surface area contributed by atoms with E-state index in [-0.39, 0.29) is 17.6 Å². The van der Waals surface area contributed by atoms with Crippen LogP contribution in [-0.2, 0) is 0 Å². The van der Waals surface area contributed by atoms with E-state index in [0.29, 0.717) is 18.1 Å². The second kappa shape index (κ2) is 8.23. The molecule has 2 rings (SSSR count). The van der Waals surface area contributed by atoms with Crippen LogP contribution in [0.5, 0.6) is 11.5 Å². The predicted molar refractivity (Wildman–Crippen MR) is 90.3 cm³/mol. The van der Waals surface area contributed by atoms with Gasteiger partial charge in [-0.05, 0) is 43.2 Å². The van der Waals surface area contributed by atoms with Crippen molar-refractivity contribution in [1.29, 1.82) is 0 Å². The van der Waals surface area contributed by atoms with Gasteiger partial charge in [-0.3, -0.25) is 4.79 Å². The van der Waals surface area contributed by atoms with Crippen molar-refractivity contribution in [3.63, 3.8) is 0 Å². The molecule has 1 aromatic heterocycles. The van der Waals surface area contributed by atoms with Gasteiger partial charge >= 0.3 is 5.97 Å². The van der Waals surface area contributed by atoms with Crippen molar-refractivity contribution >= 4 is 11.9 Å². The van der Waals surface area contributed by atoms with E-state index in [9.17, 15) is 9.59 Å². The fourth-order valence-electron chi connectivity index (χ4n) is 2.21. The standard InChI is InChI=1S/C18H21NO6/c1-4-9-24-13-6-5-12(10-16(13)23-3)11(2)19-17(20)14-7-8-15(25-14)18(21)22/h5-8,10-11H,4,9H2,1-3H3,(H,19,20)(H,21,22). The Labute approximate surface area is 145 Å². The number of ether oxygens (including phenoxy) is 2. The summed E-state index contributed by atoms with van der Waals surface area (Å²) < 4.78 is 15.9. The number of carboxylic acid groups (broad SMARTS) is 1. The molecule has 7 heteroatoms. The Morgan fingerprint density at radius 1 is 1.20 bits per heavy atom. The van der Waals surface area contributed by atoms with E-state index in [1.54, 1.807) is 26.2 Å². The van der Waals surface area contributed by atoms with E-state index in [4.69, 9.17) is 19.0 Å². The van der Waals surface area contributed by atoms with Gasteiger partial charge in [0.15, 0.2) is 17.3 Å². The Morgan fingerprint density at radius 2 is 1.92 bits per heavy atom. The lowest BCUT2D eigenvalue weighted by Crippen LogP contribution is -2.26. The topological polar surface area (TPSA) is 98.0 Å². The molecule has 0 aliphatic rings. The molecule has 0 aliphatic heterocycles. The maximum absolute atomic E-state index is 12.2. The first-order valence-electron chi connectivity index (χ1n) is 7.91. The molecule has 7 nitrogen and oxygen atoms in total. The fraction of sp³-hybridized carbons (Fsp3) is 0.333. The molecule has 0 saturated carbocycles. The molecule has 134 valence electrons. The average Bonchev–Trinajstić information content (AvgIpc) is 3.10. The third-order valence-corrected chi connectivity index (χ3v) is 3.54. The minimum Gasteiger partial charge on any atom is -0.493 e. The number of carbonyl (C=O) groups excluding carboxylic acids is 1. The second-order valence-electron chi connectivity index (χ2n) is 5.42. The van der Waals surface area contributed by atoms with Crippen LogP contribution in [0.15, 0.2) is 34.7 Å². The molecule has 0 radical (unpaired) electrons. The van der Waals surface area contributed by atoms with Crippen LogP contribution in [0.3, 0.4) is 0 Å². The summed E-state index contributed by atoms with van der Waals surface area (Å²) in [6.45, 7) is 4.41. The molecule has 1 atom stereocenters. The van der Waals surface area contributed by atoms with E-state index in [1.165, 1.54) is 12.1 Å². The van der Waals surface area contributed by atoms with Crippen LogP contribution < -0.4 is 14.8 Å². The van der Waals surface area contributed by atoms with Gasteiger partial charge in [-0.1, -0.05) is 13.0 Å². The van der Waals surface area contributed by atoms with Crippen molar-refractivity contribution < 1.29 is 28.6 Å². The van der Waals surface area contributed by atoms with E-state index >= 15 is 0 Å². The van der Waals surface area contributed by atoms with E-state index in [0.717, 1.165) is 12.0 Å². The highest BCUT2D eigenvalue weighted by atomic mass is 16.5. The lowest BCUT2D eigenvalue weighted by atomic mass is 10.1. The van der Waals surface area contributed by atoms with Crippen molar-refractivity contribution in [2.75, 3.05) is 13.7 Å². The zero-order valence-electron chi connectivity index (χ0n) is 14.4.